The normalized spacial score (nSPS) is 14.3. The van der Waals surface area contributed by atoms with Crippen LogP contribution in [-0.2, 0) is 11.2 Å². The van der Waals surface area contributed by atoms with Gasteiger partial charge in [-0.15, -0.1) is 11.3 Å². The van der Waals surface area contributed by atoms with E-state index in [4.69, 9.17) is 4.74 Å². The number of morpholine rings is 1. The van der Waals surface area contributed by atoms with Crippen LogP contribution in [-0.4, -0.2) is 42.4 Å². The Hall–Kier alpha value is -2.95. The molecule has 0 aliphatic carbocycles. The van der Waals surface area contributed by atoms with Crippen molar-refractivity contribution in [3.05, 3.63) is 58.2 Å². The number of thiophene rings is 1. The lowest BCUT2D eigenvalue weighted by Crippen LogP contribution is -2.36. The Balaban J connectivity index is 1.76. The quantitative estimate of drug-likeness (QED) is 0.749. The van der Waals surface area contributed by atoms with Crippen LogP contribution in [0.25, 0.3) is 10.8 Å². The van der Waals surface area contributed by atoms with Crippen LogP contribution in [0.15, 0.2) is 36.7 Å². The highest BCUT2D eigenvalue weighted by Gasteiger charge is 2.26. The second kappa shape index (κ2) is 7.35. The third-order valence-corrected chi connectivity index (χ3v) is 5.96. The lowest BCUT2D eigenvalue weighted by atomic mass is 9.99. The van der Waals surface area contributed by atoms with Gasteiger partial charge in [0, 0.05) is 42.9 Å². The first-order valence-electron chi connectivity index (χ1n) is 8.62. The number of nitrogens with zero attached hydrogens (tertiary/aromatic N) is 3. The molecule has 0 saturated carbocycles. The summed E-state index contributed by atoms with van der Waals surface area (Å²) in [5.41, 5.74) is 2.01. The van der Waals surface area contributed by atoms with Gasteiger partial charge in [0.05, 0.1) is 18.8 Å². The van der Waals surface area contributed by atoms with Crippen molar-refractivity contribution < 1.29 is 14.6 Å². The molecule has 2 aromatic heterocycles. The Bertz CT molecular complexity index is 1050. The summed E-state index contributed by atoms with van der Waals surface area (Å²) in [5, 5.41) is 22.3. The SMILES string of the molecule is N#Cc1c(N2CCOCC2)sc(C(=O)O)c1Cc1ccc2ccncc2c1. The number of carbonyl (C=O) groups is 1. The minimum Gasteiger partial charge on any atom is -0.477 e. The van der Waals surface area contributed by atoms with Crippen LogP contribution in [0.1, 0.15) is 26.4 Å². The molecule has 0 bridgehead atoms. The summed E-state index contributed by atoms with van der Waals surface area (Å²) in [5.74, 6) is -0.992. The summed E-state index contributed by atoms with van der Waals surface area (Å²) in [6.07, 6.45) is 3.93. The van der Waals surface area contributed by atoms with E-state index < -0.39 is 5.97 Å². The topological polar surface area (TPSA) is 86.5 Å². The molecule has 1 saturated heterocycles. The molecule has 6 nitrogen and oxygen atoms in total. The van der Waals surface area contributed by atoms with Crippen LogP contribution in [0.3, 0.4) is 0 Å². The monoisotopic (exact) mass is 379 g/mol. The van der Waals surface area contributed by atoms with Crippen LogP contribution in [0.4, 0.5) is 5.00 Å². The highest BCUT2D eigenvalue weighted by atomic mass is 32.1. The zero-order chi connectivity index (χ0) is 18.8. The average molecular weight is 379 g/mol. The molecule has 1 aliphatic rings. The highest BCUT2D eigenvalue weighted by Crippen LogP contribution is 2.37. The molecule has 0 unspecified atom stereocenters. The Morgan fingerprint density at radius 2 is 2.11 bits per heavy atom. The maximum absolute atomic E-state index is 11.8. The van der Waals surface area contributed by atoms with Crippen LogP contribution in [0.2, 0.25) is 0 Å². The molecule has 3 aromatic rings. The zero-order valence-corrected chi connectivity index (χ0v) is 15.3. The van der Waals surface area contributed by atoms with Gasteiger partial charge in [0.15, 0.2) is 0 Å². The van der Waals surface area contributed by atoms with Crippen LogP contribution in [0, 0.1) is 11.3 Å². The van der Waals surface area contributed by atoms with E-state index in [9.17, 15) is 15.2 Å². The first-order valence-corrected chi connectivity index (χ1v) is 9.43. The van der Waals surface area contributed by atoms with E-state index in [1.165, 1.54) is 11.3 Å². The van der Waals surface area contributed by atoms with Crippen molar-refractivity contribution in [3.8, 4) is 6.07 Å². The van der Waals surface area contributed by atoms with Gasteiger partial charge in [0.25, 0.3) is 0 Å². The van der Waals surface area contributed by atoms with E-state index in [0.717, 1.165) is 21.3 Å². The highest BCUT2D eigenvalue weighted by molar-refractivity contribution is 7.18. The number of fused-ring (bicyclic) bond motifs is 1. The zero-order valence-electron chi connectivity index (χ0n) is 14.5. The van der Waals surface area contributed by atoms with Gasteiger partial charge in [-0.2, -0.15) is 5.26 Å². The number of benzene rings is 1. The van der Waals surface area contributed by atoms with Gasteiger partial charge < -0.3 is 14.7 Å². The van der Waals surface area contributed by atoms with Gasteiger partial charge in [0.2, 0.25) is 0 Å². The Kier molecular flexibility index (Phi) is 4.75. The predicted octanol–water partition coefficient (Wildman–Crippen LogP) is 3.29. The molecular weight excluding hydrogens is 362 g/mol. The number of ether oxygens (including phenoxy) is 1. The Morgan fingerprint density at radius 3 is 2.85 bits per heavy atom. The first kappa shape index (κ1) is 17.5. The molecule has 1 fully saturated rings. The van der Waals surface area contributed by atoms with Crippen LogP contribution < -0.4 is 4.90 Å². The van der Waals surface area contributed by atoms with Crippen molar-refractivity contribution in [2.24, 2.45) is 0 Å². The number of aromatic carboxylic acids is 1. The van der Waals surface area contributed by atoms with Crippen molar-refractivity contribution in [1.82, 2.24) is 4.98 Å². The summed E-state index contributed by atoms with van der Waals surface area (Å²) in [4.78, 5) is 18.3. The largest absolute Gasteiger partial charge is 0.477 e. The molecule has 1 aromatic carbocycles. The van der Waals surface area contributed by atoms with Crippen molar-refractivity contribution in [2.45, 2.75) is 6.42 Å². The van der Waals surface area contributed by atoms with E-state index in [2.05, 4.69) is 11.1 Å². The fourth-order valence-electron chi connectivity index (χ4n) is 3.35. The standard InChI is InChI=1S/C20H17N3O3S/c21-11-17-16(10-13-1-2-14-3-4-22-12-15(14)9-13)18(20(24)25)27-19(17)23-5-7-26-8-6-23/h1-4,9,12H,5-8,10H2,(H,24,25). The smallest absolute Gasteiger partial charge is 0.346 e. The van der Waals surface area contributed by atoms with E-state index in [1.54, 1.807) is 12.4 Å². The molecule has 7 heteroatoms. The number of pyridine rings is 1. The van der Waals surface area contributed by atoms with Gasteiger partial charge in [-0.3, -0.25) is 4.98 Å². The molecule has 3 heterocycles. The molecular formula is C20H17N3O3S. The third-order valence-electron chi connectivity index (χ3n) is 4.68. The minimum absolute atomic E-state index is 0.235. The Labute approximate surface area is 160 Å². The van der Waals surface area contributed by atoms with E-state index >= 15 is 0 Å². The molecule has 0 amide bonds. The summed E-state index contributed by atoms with van der Waals surface area (Å²) < 4.78 is 5.37. The minimum atomic E-state index is -0.992. The second-order valence-corrected chi connectivity index (χ2v) is 7.34. The maximum atomic E-state index is 11.8. The van der Waals surface area contributed by atoms with Crippen molar-refractivity contribution >= 4 is 33.1 Å². The Morgan fingerprint density at radius 1 is 1.30 bits per heavy atom. The van der Waals surface area contributed by atoms with Crippen LogP contribution >= 0.6 is 11.3 Å². The summed E-state index contributed by atoms with van der Waals surface area (Å²) >= 11 is 1.18. The number of aromatic nitrogens is 1. The molecule has 4 rings (SSSR count). The third kappa shape index (κ3) is 3.37. The maximum Gasteiger partial charge on any atom is 0.346 e. The first-order chi connectivity index (χ1) is 13.2. The second-order valence-electron chi connectivity index (χ2n) is 6.34. The van der Waals surface area contributed by atoms with Gasteiger partial charge >= 0.3 is 5.97 Å². The lowest BCUT2D eigenvalue weighted by molar-refractivity contribution is 0.0701. The molecule has 27 heavy (non-hydrogen) atoms. The van der Waals surface area contributed by atoms with E-state index in [0.29, 0.717) is 43.9 Å². The van der Waals surface area contributed by atoms with Crippen molar-refractivity contribution in [1.29, 1.82) is 5.26 Å². The average Bonchev–Trinajstić information content (AvgIpc) is 3.07. The fraction of sp³-hybridized carbons (Fsp3) is 0.250. The van der Waals surface area contributed by atoms with Gasteiger partial charge in [-0.05, 0) is 23.1 Å². The molecule has 136 valence electrons. The number of carboxylic acid groups (broad SMARTS) is 1. The van der Waals surface area contributed by atoms with Crippen molar-refractivity contribution in [3.63, 3.8) is 0 Å². The number of rotatable bonds is 4. The summed E-state index contributed by atoms with van der Waals surface area (Å²) in [7, 11) is 0. The van der Waals surface area contributed by atoms with Gasteiger partial charge in [0.1, 0.15) is 15.9 Å². The molecule has 0 atom stereocenters. The van der Waals surface area contributed by atoms with Gasteiger partial charge in [-0.25, -0.2) is 4.79 Å². The number of nitriles is 1. The fourth-order valence-corrected chi connectivity index (χ4v) is 4.51. The lowest BCUT2D eigenvalue weighted by Gasteiger charge is -2.27. The van der Waals surface area contributed by atoms with Crippen LogP contribution in [0.5, 0.6) is 0 Å². The summed E-state index contributed by atoms with van der Waals surface area (Å²) in [6.45, 7) is 2.49. The van der Waals surface area contributed by atoms with E-state index in [-0.39, 0.29) is 4.88 Å². The molecule has 0 radical (unpaired) electrons. The van der Waals surface area contributed by atoms with Crippen molar-refractivity contribution in [2.75, 3.05) is 31.2 Å². The number of carboxylic acids is 1. The number of hydrogen-bond acceptors (Lipinski definition) is 6. The summed E-state index contributed by atoms with van der Waals surface area (Å²) in [6, 6.07) is 10.1. The molecule has 1 N–H and O–H groups in total. The molecule has 1 aliphatic heterocycles. The molecule has 0 spiro atoms. The number of anilines is 1. The number of hydrogen-bond donors (Lipinski definition) is 1. The van der Waals surface area contributed by atoms with E-state index in [1.807, 2.05) is 29.2 Å². The predicted molar refractivity (Wildman–Crippen MR) is 104 cm³/mol. The van der Waals surface area contributed by atoms with Gasteiger partial charge in [-0.1, -0.05) is 12.1 Å².